The first-order valence-corrected chi connectivity index (χ1v) is 8.97. The van der Waals surface area contributed by atoms with Gasteiger partial charge in [0.05, 0.1) is 6.54 Å². The number of aromatic nitrogens is 1. The number of nitrogens with zero attached hydrogens (tertiary/aromatic N) is 2. The van der Waals surface area contributed by atoms with Crippen molar-refractivity contribution in [2.75, 3.05) is 6.54 Å². The molecule has 1 aromatic carbocycles. The number of hydrogen-bond donors (Lipinski definition) is 3. The first-order chi connectivity index (χ1) is 13.5. The van der Waals surface area contributed by atoms with Crippen molar-refractivity contribution in [3.05, 3.63) is 65.0 Å². The molecule has 0 radical (unpaired) electrons. The lowest BCUT2D eigenvalue weighted by Gasteiger charge is -2.33. The van der Waals surface area contributed by atoms with Gasteiger partial charge >= 0.3 is 6.03 Å². The lowest BCUT2D eigenvalue weighted by atomic mass is 9.94. The van der Waals surface area contributed by atoms with Gasteiger partial charge in [0.15, 0.2) is 17.3 Å². The maximum Gasteiger partial charge on any atom is 0.317 e. The highest BCUT2D eigenvalue weighted by Gasteiger charge is 2.52. The third-order valence-electron chi connectivity index (χ3n) is 5.38. The summed E-state index contributed by atoms with van der Waals surface area (Å²) in [6.07, 6.45) is 0.373. The minimum absolute atomic E-state index is 0.0549. The molecule has 3 amide bonds. The van der Waals surface area contributed by atoms with E-state index < -0.39 is 17.8 Å². The summed E-state index contributed by atoms with van der Waals surface area (Å²) >= 11 is 0. The summed E-state index contributed by atoms with van der Waals surface area (Å²) in [4.78, 5) is 30.8. The molecule has 1 fully saturated rings. The van der Waals surface area contributed by atoms with Gasteiger partial charge in [-0.05, 0) is 30.7 Å². The molecule has 0 bridgehead atoms. The van der Waals surface area contributed by atoms with Crippen LogP contribution in [0, 0.1) is 6.92 Å². The van der Waals surface area contributed by atoms with Gasteiger partial charge in [0.1, 0.15) is 11.3 Å². The van der Waals surface area contributed by atoms with E-state index in [0.29, 0.717) is 29.0 Å². The van der Waals surface area contributed by atoms with Crippen LogP contribution in [0.15, 0.2) is 47.0 Å². The predicted octanol–water partition coefficient (Wildman–Crippen LogP) is 1.62. The van der Waals surface area contributed by atoms with Gasteiger partial charge in [0, 0.05) is 24.4 Å². The molecule has 8 heteroatoms. The Balaban J connectivity index is 1.55. The number of amides is 3. The van der Waals surface area contributed by atoms with E-state index in [1.54, 1.807) is 29.3 Å². The van der Waals surface area contributed by atoms with Crippen LogP contribution < -0.4 is 10.6 Å². The summed E-state index contributed by atoms with van der Waals surface area (Å²) in [6.45, 7) is 2.39. The predicted molar refractivity (Wildman–Crippen MR) is 99.3 cm³/mol. The smallest absolute Gasteiger partial charge is 0.317 e. The van der Waals surface area contributed by atoms with Crippen LogP contribution in [0.1, 0.15) is 27.2 Å². The number of nitrogens with one attached hydrogen (secondary N) is 2. The Morgan fingerprint density at radius 1 is 1.32 bits per heavy atom. The molecule has 0 aliphatic carbocycles. The highest BCUT2D eigenvalue weighted by molar-refractivity contribution is 5.98. The third kappa shape index (κ3) is 2.38. The summed E-state index contributed by atoms with van der Waals surface area (Å²) in [5.41, 5.74) is 2.40. The lowest BCUT2D eigenvalue weighted by Crippen LogP contribution is -2.54. The zero-order valence-electron chi connectivity index (χ0n) is 15.1. The van der Waals surface area contributed by atoms with Gasteiger partial charge in [0.2, 0.25) is 0 Å². The van der Waals surface area contributed by atoms with E-state index in [1.807, 2.05) is 25.1 Å². The summed E-state index contributed by atoms with van der Waals surface area (Å²) in [5, 5.41) is 15.9. The number of fused-ring (bicyclic) bond motifs is 2. The molecule has 2 aromatic heterocycles. The normalized spacial score (nSPS) is 23.8. The number of rotatable bonds is 3. The highest BCUT2D eigenvalue weighted by Crippen LogP contribution is 2.35. The summed E-state index contributed by atoms with van der Waals surface area (Å²) in [7, 11) is 0. The van der Waals surface area contributed by atoms with Crippen molar-refractivity contribution in [3.63, 3.8) is 0 Å². The number of hydrogen-bond acceptors (Lipinski definition) is 5. The van der Waals surface area contributed by atoms with Crippen LogP contribution in [0.4, 0.5) is 4.79 Å². The molecule has 3 aromatic rings. The molecule has 142 valence electrons. The van der Waals surface area contributed by atoms with Gasteiger partial charge < -0.3 is 25.1 Å². The summed E-state index contributed by atoms with van der Waals surface area (Å²) in [5.74, 6) is 0.202. The molecule has 28 heavy (non-hydrogen) atoms. The van der Waals surface area contributed by atoms with Crippen molar-refractivity contribution in [1.82, 2.24) is 20.5 Å². The van der Waals surface area contributed by atoms with Gasteiger partial charge in [-0.25, -0.2) is 4.79 Å². The van der Waals surface area contributed by atoms with Gasteiger partial charge in [-0.1, -0.05) is 17.7 Å². The number of benzene rings is 1. The maximum absolute atomic E-state index is 12.9. The molecule has 5 rings (SSSR count). The monoisotopic (exact) mass is 378 g/mol. The number of carbonyl (C=O) groups excluding carboxylic acids is 2. The molecule has 4 heterocycles. The topological polar surface area (TPSA) is 108 Å². The standard InChI is InChI=1S/C20H18N4O4/c1-11-4-5-12-9-24(17(25)13(12)7-11)10-20(18(26)22-19(27)23-20)16-8-14-15(28-16)3-2-6-21-14/h2-8,18,26H,9-10H2,1H3,(H2,22,23,27). The van der Waals surface area contributed by atoms with Crippen LogP contribution in [0.2, 0.25) is 0 Å². The second-order valence-corrected chi connectivity index (χ2v) is 7.29. The van der Waals surface area contributed by atoms with E-state index in [0.717, 1.165) is 11.1 Å². The van der Waals surface area contributed by atoms with Crippen molar-refractivity contribution in [3.8, 4) is 0 Å². The third-order valence-corrected chi connectivity index (χ3v) is 5.38. The Kier molecular flexibility index (Phi) is 3.47. The molecule has 2 atom stereocenters. The van der Waals surface area contributed by atoms with Gasteiger partial charge in [-0.15, -0.1) is 0 Å². The number of aryl methyl sites for hydroxylation is 1. The summed E-state index contributed by atoms with van der Waals surface area (Å²) < 4.78 is 5.90. The second-order valence-electron chi connectivity index (χ2n) is 7.29. The maximum atomic E-state index is 12.9. The van der Waals surface area contributed by atoms with Crippen LogP contribution in [-0.2, 0) is 12.1 Å². The lowest BCUT2D eigenvalue weighted by molar-refractivity contribution is 0.0353. The molecule has 0 saturated carbocycles. The molecule has 1 saturated heterocycles. The number of pyridine rings is 1. The van der Waals surface area contributed by atoms with E-state index in [2.05, 4.69) is 15.6 Å². The number of carbonyl (C=O) groups is 2. The van der Waals surface area contributed by atoms with Crippen molar-refractivity contribution in [2.24, 2.45) is 0 Å². The Hall–Kier alpha value is -3.39. The van der Waals surface area contributed by atoms with Crippen LogP contribution in [0.3, 0.4) is 0 Å². The van der Waals surface area contributed by atoms with Crippen molar-refractivity contribution >= 4 is 23.0 Å². The van der Waals surface area contributed by atoms with Crippen LogP contribution >= 0.6 is 0 Å². The van der Waals surface area contributed by atoms with Crippen molar-refractivity contribution in [1.29, 1.82) is 0 Å². The zero-order valence-corrected chi connectivity index (χ0v) is 15.1. The second kappa shape index (κ2) is 5.80. The number of furan rings is 1. The molecule has 2 aliphatic heterocycles. The average molecular weight is 378 g/mol. The first-order valence-electron chi connectivity index (χ1n) is 8.97. The highest BCUT2D eigenvalue weighted by atomic mass is 16.3. The number of aliphatic hydroxyl groups is 1. The molecule has 0 spiro atoms. The van der Waals surface area contributed by atoms with E-state index in [1.165, 1.54) is 0 Å². The Labute approximate surface area is 160 Å². The SMILES string of the molecule is Cc1ccc2c(c1)C(=O)N(CC1(c3cc4ncccc4o3)NC(=O)NC1O)C2. The zero-order chi connectivity index (χ0) is 19.5. The van der Waals surface area contributed by atoms with E-state index >= 15 is 0 Å². The molecular formula is C20H18N4O4. The quantitative estimate of drug-likeness (QED) is 0.642. The van der Waals surface area contributed by atoms with Crippen LogP contribution in [-0.4, -0.2) is 39.7 Å². The van der Waals surface area contributed by atoms with Crippen molar-refractivity contribution < 1.29 is 19.1 Å². The molecule has 3 N–H and O–H groups in total. The minimum atomic E-state index is -1.31. The van der Waals surface area contributed by atoms with E-state index in [-0.39, 0.29) is 12.5 Å². The van der Waals surface area contributed by atoms with Gasteiger partial charge in [-0.2, -0.15) is 0 Å². The Morgan fingerprint density at radius 3 is 2.93 bits per heavy atom. The fourth-order valence-corrected chi connectivity index (χ4v) is 3.95. The van der Waals surface area contributed by atoms with Crippen LogP contribution in [0.5, 0.6) is 0 Å². The van der Waals surface area contributed by atoms with E-state index in [4.69, 9.17) is 4.42 Å². The van der Waals surface area contributed by atoms with Crippen LogP contribution in [0.25, 0.3) is 11.1 Å². The Morgan fingerprint density at radius 2 is 2.18 bits per heavy atom. The Bertz CT molecular complexity index is 1090. The fraction of sp³-hybridized carbons (Fsp3) is 0.250. The molecule has 2 aliphatic rings. The number of aliphatic hydroxyl groups excluding tert-OH is 1. The fourth-order valence-electron chi connectivity index (χ4n) is 3.95. The molecule has 2 unspecified atom stereocenters. The summed E-state index contributed by atoms with van der Waals surface area (Å²) in [6, 6.07) is 10.4. The first kappa shape index (κ1) is 16.8. The molecule has 8 nitrogen and oxygen atoms in total. The van der Waals surface area contributed by atoms with E-state index in [9.17, 15) is 14.7 Å². The largest absolute Gasteiger partial charge is 0.457 e. The molecular weight excluding hydrogens is 360 g/mol. The van der Waals surface area contributed by atoms with Gasteiger partial charge in [0.25, 0.3) is 5.91 Å². The number of urea groups is 1. The average Bonchev–Trinajstić information content (AvgIpc) is 3.31. The van der Waals surface area contributed by atoms with Crippen molar-refractivity contribution in [2.45, 2.75) is 25.2 Å². The van der Waals surface area contributed by atoms with Gasteiger partial charge in [-0.3, -0.25) is 9.78 Å². The minimum Gasteiger partial charge on any atom is -0.457 e.